The number of hydrogen-bond donors (Lipinski definition) is 1. The normalized spacial score (nSPS) is 22.5. The van der Waals surface area contributed by atoms with E-state index in [1.165, 1.54) is 0 Å². The van der Waals surface area contributed by atoms with E-state index in [9.17, 15) is 9.59 Å². The van der Waals surface area contributed by atoms with Gasteiger partial charge in [0.15, 0.2) is 11.6 Å². The van der Waals surface area contributed by atoms with Gasteiger partial charge in [-0.25, -0.2) is 0 Å². The first-order chi connectivity index (χ1) is 21.5. The van der Waals surface area contributed by atoms with Crippen LogP contribution in [0.3, 0.4) is 0 Å². The first-order valence-corrected chi connectivity index (χ1v) is 14.5. The molecule has 3 aliphatic rings. The number of nitrogens with one attached hydrogen (secondary N) is 1. The Morgan fingerprint density at radius 3 is 2.48 bits per heavy atom. The fraction of sp³-hybridized carbons (Fsp3) is 0.162. The highest BCUT2D eigenvalue weighted by Crippen LogP contribution is 2.62. The quantitative estimate of drug-likeness (QED) is 0.196. The third-order valence-electron chi connectivity index (χ3n) is 8.98. The summed E-state index contributed by atoms with van der Waals surface area (Å²) in [5.74, 6) is -0.832. The highest BCUT2D eigenvalue weighted by Gasteiger charge is 2.70. The molecule has 0 radical (unpaired) electrons. The van der Waals surface area contributed by atoms with Crippen LogP contribution < -0.4 is 14.8 Å². The summed E-state index contributed by atoms with van der Waals surface area (Å²) in [6, 6.07) is 27.5. The smallest absolute Gasteiger partial charge is 0.238 e. The van der Waals surface area contributed by atoms with Crippen LogP contribution in [0.2, 0.25) is 0 Å². The average molecular weight is 583 g/mol. The number of rotatable bonds is 8. The lowest BCUT2D eigenvalue weighted by molar-refractivity contribution is -0.122. The minimum absolute atomic E-state index is 0.256. The maximum Gasteiger partial charge on any atom is 0.238 e. The Bertz CT molecular complexity index is 1840. The molecule has 218 valence electrons. The molecule has 0 aliphatic carbocycles. The van der Waals surface area contributed by atoms with Crippen molar-refractivity contribution in [3.05, 3.63) is 144 Å². The molecule has 4 aromatic carbocycles. The number of fused-ring (bicyclic) bond motifs is 6. The zero-order valence-electron chi connectivity index (χ0n) is 24.1. The van der Waals surface area contributed by atoms with Crippen molar-refractivity contribution >= 4 is 29.2 Å². The summed E-state index contributed by atoms with van der Waals surface area (Å²) in [5, 5.41) is 3.08. The second-order valence-electron chi connectivity index (χ2n) is 11.2. The summed E-state index contributed by atoms with van der Waals surface area (Å²) in [6.45, 7) is 3.98. The molecule has 4 aromatic rings. The van der Waals surface area contributed by atoms with Gasteiger partial charge in [-0.1, -0.05) is 67.3 Å². The van der Waals surface area contributed by atoms with Gasteiger partial charge in [0.1, 0.15) is 29.6 Å². The van der Waals surface area contributed by atoms with Crippen LogP contribution in [0, 0.1) is 5.92 Å². The molecule has 1 fully saturated rings. The number of hydrogen-bond acceptors (Lipinski definition) is 6. The maximum absolute atomic E-state index is 15.0. The highest BCUT2D eigenvalue weighted by molar-refractivity contribution is 6.16. The van der Waals surface area contributed by atoms with Gasteiger partial charge in [-0.15, -0.1) is 0 Å². The third kappa shape index (κ3) is 4.00. The van der Waals surface area contributed by atoms with Gasteiger partial charge < -0.3 is 19.7 Å². The van der Waals surface area contributed by atoms with E-state index in [0.717, 1.165) is 11.1 Å². The number of benzene rings is 4. The fourth-order valence-corrected chi connectivity index (χ4v) is 7.17. The SMILES string of the molecule is C=CCOc1cccc(C(=O)[C@@H]2[C@H](C(=O)c3ccc(OC)cc3)N3C=Cc4ccccc4[C@@H]3[C@@]23C(=O)Nc2ccccc23)c1. The van der Waals surface area contributed by atoms with Crippen molar-refractivity contribution in [3.8, 4) is 11.5 Å². The van der Waals surface area contributed by atoms with Crippen molar-refractivity contribution < 1.29 is 23.9 Å². The number of Topliss-reactive ketones (excluding diaryl/α,β-unsaturated/α-hetero) is 2. The van der Waals surface area contributed by atoms with E-state index in [1.54, 1.807) is 61.7 Å². The Morgan fingerprint density at radius 2 is 1.68 bits per heavy atom. The average Bonchev–Trinajstić information content (AvgIpc) is 3.55. The van der Waals surface area contributed by atoms with Crippen LogP contribution in [0.5, 0.6) is 11.5 Å². The zero-order valence-corrected chi connectivity index (χ0v) is 24.1. The monoisotopic (exact) mass is 582 g/mol. The molecular formula is C37H30N2O5. The molecule has 3 heterocycles. The third-order valence-corrected chi connectivity index (χ3v) is 8.98. The number of amides is 1. The van der Waals surface area contributed by atoms with E-state index in [4.69, 9.17) is 9.47 Å². The lowest BCUT2D eigenvalue weighted by atomic mass is 9.62. The first-order valence-electron chi connectivity index (χ1n) is 14.5. The Hall–Kier alpha value is -5.43. The summed E-state index contributed by atoms with van der Waals surface area (Å²) in [5.41, 5.74) is 2.54. The molecule has 0 bridgehead atoms. The number of anilines is 1. The molecule has 1 N–H and O–H groups in total. The minimum Gasteiger partial charge on any atom is -0.497 e. The number of ketones is 2. The van der Waals surface area contributed by atoms with Crippen molar-refractivity contribution in [3.63, 3.8) is 0 Å². The van der Waals surface area contributed by atoms with Crippen LogP contribution in [-0.4, -0.2) is 42.1 Å². The van der Waals surface area contributed by atoms with Crippen LogP contribution in [0.15, 0.2) is 116 Å². The van der Waals surface area contributed by atoms with Crippen LogP contribution in [0.4, 0.5) is 5.69 Å². The Kier molecular flexibility index (Phi) is 6.66. The highest BCUT2D eigenvalue weighted by atomic mass is 16.5. The van der Waals surface area contributed by atoms with Gasteiger partial charge >= 0.3 is 0 Å². The first kappa shape index (κ1) is 27.4. The van der Waals surface area contributed by atoms with Crippen molar-refractivity contribution in [1.29, 1.82) is 0 Å². The molecule has 0 saturated carbocycles. The van der Waals surface area contributed by atoms with Crippen LogP contribution >= 0.6 is 0 Å². The predicted octanol–water partition coefficient (Wildman–Crippen LogP) is 6.24. The van der Waals surface area contributed by atoms with Crippen molar-refractivity contribution in [1.82, 2.24) is 4.90 Å². The van der Waals surface area contributed by atoms with E-state index < -0.39 is 23.4 Å². The summed E-state index contributed by atoms with van der Waals surface area (Å²) >= 11 is 0. The molecule has 4 atom stereocenters. The van der Waals surface area contributed by atoms with Gasteiger partial charge in [0, 0.05) is 23.0 Å². The molecule has 7 nitrogen and oxygen atoms in total. The van der Waals surface area contributed by atoms with Crippen LogP contribution in [0.25, 0.3) is 6.08 Å². The Balaban J connectivity index is 1.49. The van der Waals surface area contributed by atoms with Gasteiger partial charge in [0.2, 0.25) is 5.91 Å². The lowest BCUT2D eigenvalue weighted by Gasteiger charge is -2.38. The largest absolute Gasteiger partial charge is 0.497 e. The van der Waals surface area contributed by atoms with E-state index >= 15 is 4.79 Å². The number of methoxy groups -OCH3 is 1. The van der Waals surface area contributed by atoms with E-state index in [-0.39, 0.29) is 24.1 Å². The van der Waals surface area contributed by atoms with Crippen molar-refractivity contribution in [2.24, 2.45) is 5.92 Å². The molecule has 7 rings (SSSR count). The Labute approximate surface area is 255 Å². The fourth-order valence-electron chi connectivity index (χ4n) is 7.17. The minimum atomic E-state index is -1.40. The summed E-state index contributed by atoms with van der Waals surface area (Å²) in [6.07, 6.45) is 5.45. The molecular weight excluding hydrogens is 552 g/mol. The standard InChI is InChI=1S/C37H30N2O5/c1-3-21-44-27-11-8-10-25(22-27)33(40)31-32(34(41)24-15-17-26(43-2)18-16-24)39-20-19-23-9-4-5-12-28(23)35(39)37(31)29-13-6-7-14-30(29)38-36(37)42/h3-20,22,31-32,35H,1,21H2,2H3,(H,38,42)/t31-,32+,35+,37-/m0/s1. The molecule has 3 aliphatic heterocycles. The zero-order chi connectivity index (χ0) is 30.4. The van der Waals surface area contributed by atoms with E-state index in [2.05, 4.69) is 11.9 Å². The van der Waals surface area contributed by atoms with Gasteiger partial charge in [-0.3, -0.25) is 14.4 Å². The maximum atomic E-state index is 15.0. The van der Waals surface area contributed by atoms with Gasteiger partial charge in [-0.2, -0.15) is 0 Å². The predicted molar refractivity (Wildman–Crippen MR) is 168 cm³/mol. The van der Waals surface area contributed by atoms with Gasteiger partial charge in [-0.05, 0) is 65.2 Å². The lowest BCUT2D eigenvalue weighted by Crippen LogP contribution is -2.49. The van der Waals surface area contributed by atoms with E-state index in [0.29, 0.717) is 33.9 Å². The van der Waals surface area contributed by atoms with Gasteiger partial charge in [0.05, 0.1) is 19.1 Å². The van der Waals surface area contributed by atoms with E-state index in [1.807, 2.05) is 65.7 Å². The molecule has 1 amide bonds. The second-order valence-corrected chi connectivity index (χ2v) is 11.2. The Morgan fingerprint density at radius 1 is 0.909 bits per heavy atom. The number of carbonyl (C=O) groups is 3. The summed E-state index contributed by atoms with van der Waals surface area (Å²) in [7, 11) is 1.57. The van der Waals surface area contributed by atoms with Crippen molar-refractivity contribution in [2.75, 3.05) is 19.0 Å². The number of para-hydroxylation sites is 1. The number of carbonyl (C=O) groups excluding carboxylic acids is 3. The topological polar surface area (TPSA) is 84.9 Å². The molecule has 0 unspecified atom stereocenters. The molecule has 44 heavy (non-hydrogen) atoms. The van der Waals surface area contributed by atoms with Crippen LogP contribution in [-0.2, 0) is 10.2 Å². The second kappa shape index (κ2) is 10.7. The van der Waals surface area contributed by atoms with Gasteiger partial charge in [0.25, 0.3) is 0 Å². The van der Waals surface area contributed by atoms with Crippen molar-refractivity contribution in [2.45, 2.75) is 17.5 Å². The molecule has 1 spiro atoms. The number of nitrogens with zero attached hydrogens (tertiary/aromatic N) is 1. The summed E-state index contributed by atoms with van der Waals surface area (Å²) in [4.78, 5) is 46.2. The molecule has 0 aromatic heterocycles. The number of ether oxygens (including phenoxy) is 2. The van der Waals surface area contributed by atoms with Crippen LogP contribution in [0.1, 0.15) is 43.4 Å². The molecule has 1 saturated heterocycles. The molecule has 7 heteroatoms. The summed E-state index contributed by atoms with van der Waals surface area (Å²) < 4.78 is 11.1.